The molecule has 1 aromatic carbocycles. The molecule has 1 aliphatic carbocycles. The minimum atomic E-state index is -0.264. The van der Waals surface area contributed by atoms with Crippen LogP contribution in [0.25, 0.3) is 5.69 Å². The number of carbonyl (C=O) groups excluding carboxylic acids is 1. The van der Waals surface area contributed by atoms with E-state index >= 15 is 0 Å². The van der Waals surface area contributed by atoms with E-state index in [2.05, 4.69) is 10.2 Å². The molecule has 1 aromatic heterocycles. The Morgan fingerprint density at radius 3 is 2.68 bits per heavy atom. The van der Waals surface area contributed by atoms with Crippen molar-refractivity contribution in [1.82, 2.24) is 24.9 Å². The number of piperazine rings is 1. The summed E-state index contributed by atoms with van der Waals surface area (Å²) in [6.07, 6.45) is 3.88. The summed E-state index contributed by atoms with van der Waals surface area (Å²) in [7, 11) is 0. The molecule has 0 bridgehead atoms. The quantitative estimate of drug-likeness (QED) is 0.875. The van der Waals surface area contributed by atoms with Gasteiger partial charge in [-0.1, -0.05) is 0 Å². The number of hydrogen-bond donors (Lipinski definition) is 1. The summed E-state index contributed by atoms with van der Waals surface area (Å²) in [5.41, 5.74) is 3.60. The molecule has 0 spiro atoms. The fraction of sp³-hybridized carbons (Fsp3) is 0.524. The van der Waals surface area contributed by atoms with Crippen LogP contribution in [0.5, 0.6) is 0 Å². The SMILES string of the molecule is O=C(c1nn(-c2ccc(F)cc2)c2c1CCC2)N1CCC(N2CCNCC2)C1. The Bertz CT molecular complexity index is 872. The van der Waals surface area contributed by atoms with Crippen molar-refractivity contribution in [2.24, 2.45) is 0 Å². The normalized spacial score (nSPS) is 22.6. The first-order valence-electron chi connectivity index (χ1n) is 10.3. The Morgan fingerprint density at radius 1 is 1.11 bits per heavy atom. The maximum absolute atomic E-state index is 13.3. The van der Waals surface area contributed by atoms with E-state index in [1.165, 1.54) is 12.1 Å². The van der Waals surface area contributed by atoms with Crippen LogP contribution in [0.3, 0.4) is 0 Å². The predicted molar refractivity (Wildman–Crippen MR) is 104 cm³/mol. The lowest BCUT2D eigenvalue weighted by Gasteiger charge is -2.32. The minimum absolute atomic E-state index is 0.0525. The third kappa shape index (κ3) is 3.12. The van der Waals surface area contributed by atoms with Gasteiger partial charge in [-0.25, -0.2) is 9.07 Å². The van der Waals surface area contributed by atoms with Gasteiger partial charge in [0.25, 0.3) is 5.91 Å². The molecule has 0 saturated carbocycles. The first-order valence-corrected chi connectivity index (χ1v) is 10.3. The number of amides is 1. The molecule has 3 aliphatic rings. The third-order valence-corrected chi connectivity index (χ3v) is 6.32. The Labute approximate surface area is 164 Å². The van der Waals surface area contributed by atoms with Gasteiger partial charge in [-0.15, -0.1) is 0 Å². The summed E-state index contributed by atoms with van der Waals surface area (Å²) in [4.78, 5) is 17.8. The molecule has 2 aliphatic heterocycles. The molecule has 5 rings (SSSR count). The van der Waals surface area contributed by atoms with Crippen LogP contribution in [0.2, 0.25) is 0 Å². The van der Waals surface area contributed by atoms with Gasteiger partial charge in [0.05, 0.1) is 5.69 Å². The van der Waals surface area contributed by atoms with E-state index in [0.29, 0.717) is 11.7 Å². The Hall–Kier alpha value is -2.25. The van der Waals surface area contributed by atoms with Crippen LogP contribution in [0, 0.1) is 5.82 Å². The summed E-state index contributed by atoms with van der Waals surface area (Å²) in [6.45, 7) is 5.76. The van der Waals surface area contributed by atoms with Gasteiger partial charge in [-0.05, 0) is 49.9 Å². The molecule has 6 nitrogen and oxygen atoms in total. The highest BCUT2D eigenvalue weighted by Crippen LogP contribution is 2.29. The fourth-order valence-corrected chi connectivity index (χ4v) is 4.83. The second-order valence-corrected chi connectivity index (χ2v) is 8.00. The van der Waals surface area contributed by atoms with Crippen LogP contribution in [0.15, 0.2) is 24.3 Å². The number of nitrogens with one attached hydrogen (secondary N) is 1. The molecule has 2 fully saturated rings. The number of likely N-dealkylation sites (tertiary alicyclic amines) is 1. The number of benzene rings is 1. The molecule has 1 unspecified atom stereocenters. The van der Waals surface area contributed by atoms with Crippen LogP contribution < -0.4 is 5.32 Å². The van der Waals surface area contributed by atoms with E-state index in [4.69, 9.17) is 5.10 Å². The number of rotatable bonds is 3. The molecule has 2 aromatic rings. The summed E-state index contributed by atoms with van der Waals surface area (Å²) < 4.78 is 15.2. The van der Waals surface area contributed by atoms with Gasteiger partial charge < -0.3 is 10.2 Å². The number of fused-ring (bicyclic) bond motifs is 1. The summed E-state index contributed by atoms with van der Waals surface area (Å²) in [5.74, 6) is -0.212. The number of nitrogens with zero attached hydrogens (tertiary/aromatic N) is 4. The average molecular weight is 383 g/mol. The zero-order valence-corrected chi connectivity index (χ0v) is 16.0. The van der Waals surface area contributed by atoms with Crippen LogP contribution in [-0.2, 0) is 12.8 Å². The molecular weight excluding hydrogens is 357 g/mol. The fourth-order valence-electron chi connectivity index (χ4n) is 4.83. The van der Waals surface area contributed by atoms with Gasteiger partial charge in [0, 0.05) is 56.6 Å². The van der Waals surface area contributed by atoms with Crippen molar-refractivity contribution in [2.75, 3.05) is 39.3 Å². The van der Waals surface area contributed by atoms with Crippen molar-refractivity contribution in [2.45, 2.75) is 31.7 Å². The predicted octanol–water partition coefficient (Wildman–Crippen LogP) is 1.62. The molecule has 148 valence electrons. The van der Waals surface area contributed by atoms with Crippen LogP contribution in [0.4, 0.5) is 4.39 Å². The third-order valence-electron chi connectivity index (χ3n) is 6.32. The molecule has 1 atom stereocenters. The Balaban J connectivity index is 1.38. The van der Waals surface area contributed by atoms with E-state index in [1.807, 2.05) is 9.58 Å². The van der Waals surface area contributed by atoms with E-state index in [1.54, 1.807) is 12.1 Å². The molecule has 1 N–H and O–H groups in total. The smallest absolute Gasteiger partial charge is 0.274 e. The van der Waals surface area contributed by atoms with Gasteiger partial charge in [-0.3, -0.25) is 9.69 Å². The van der Waals surface area contributed by atoms with E-state index in [-0.39, 0.29) is 11.7 Å². The molecule has 7 heteroatoms. The van der Waals surface area contributed by atoms with E-state index in [0.717, 1.165) is 81.9 Å². The number of halogens is 1. The Morgan fingerprint density at radius 2 is 1.89 bits per heavy atom. The van der Waals surface area contributed by atoms with Crippen molar-refractivity contribution in [3.8, 4) is 5.69 Å². The first-order chi connectivity index (χ1) is 13.7. The van der Waals surface area contributed by atoms with Gasteiger partial charge in [0.1, 0.15) is 5.82 Å². The molecule has 1 amide bonds. The van der Waals surface area contributed by atoms with Crippen LogP contribution >= 0.6 is 0 Å². The number of carbonyl (C=O) groups is 1. The number of aromatic nitrogens is 2. The monoisotopic (exact) mass is 383 g/mol. The van der Waals surface area contributed by atoms with Gasteiger partial charge >= 0.3 is 0 Å². The van der Waals surface area contributed by atoms with E-state index < -0.39 is 0 Å². The largest absolute Gasteiger partial charge is 0.336 e. The Kier molecular flexibility index (Phi) is 4.64. The van der Waals surface area contributed by atoms with E-state index in [9.17, 15) is 9.18 Å². The standard InChI is InChI=1S/C21H26FN5O/c22-15-4-6-16(7-5-15)27-19-3-1-2-18(19)20(24-27)21(28)26-11-8-17(14-26)25-12-9-23-10-13-25/h4-7,17,23H,1-3,8-14H2. The van der Waals surface area contributed by atoms with Gasteiger partial charge in [0.2, 0.25) is 0 Å². The van der Waals surface area contributed by atoms with Crippen molar-refractivity contribution in [3.63, 3.8) is 0 Å². The van der Waals surface area contributed by atoms with Crippen LogP contribution in [0.1, 0.15) is 34.6 Å². The molecule has 28 heavy (non-hydrogen) atoms. The molecule has 2 saturated heterocycles. The highest BCUT2D eigenvalue weighted by atomic mass is 19.1. The lowest BCUT2D eigenvalue weighted by atomic mass is 10.2. The summed E-state index contributed by atoms with van der Waals surface area (Å²) in [6, 6.07) is 6.80. The molecule has 3 heterocycles. The van der Waals surface area contributed by atoms with Crippen molar-refractivity contribution in [1.29, 1.82) is 0 Å². The maximum Gasteiger partial charge on any atom is 0.274 e. The lowest BCUT2D eigenvalue weighted by Crippen LogP contribution is -2.49. The second-order valence-electron chi connectivity index (χ2n) is 8.00. The van der Waals surface area contributed by atoms with Crippen molar-refractivity contribution in [3.05, 3.63) is 47.0 Å². The van der Waals surface area contributed by atoms with Crippen molar-refractivity contribution < 1.29 is 9.18 Å². The van der Waals surface area contributed by atoms with Crippen molar-refractivity contribution >= 4 is 5.91 Å². The number of hydrogen-bond acceptors (Lipinski definition) is 4. The molecule has 0 radical (unpaired) electrons. The zero-order valence-electron chi connectivity index (χ0n) is 16.0. The minimum Gasteiger partial charge on any atom is -0.336 e. The highest BCUT2D eigenvalue weighted by Gasteiger charge is 2.35. The topological polar surface area (TPSA) is 53.4 Å². The first kappa shape index (κ1) is 17.8. The second kappa shape index (κ2) is 7.29. The zero-order chi connectivity index (χ0) is 19.1. The molecular formula is C21H26FN5O. The van der Waals surface area contributed by atoms with Gasteiger partial charge in [0.15, 0.2) is 5.69 Å². The summed E-state index contributed by atoms with van der Waals surface area (Å²) in [5, 5.41) is 8.08. The average Bonchev–Trinajstić information content (AvgIpc) is 3.45. The van der Waals surface area contributed by atoms with Gasteiger partial charge in [-0.2, -0.15) is 5.10 Å². The lowest BCUT2D eigenvalue weighted by molar-refractivity contribution is 0.0766. The van der Waals surface area contributed by atoms with Crippen LogP contribution in [-0.4, -0.2) is 70.8 Å². The summed E-state index contributed by atoms with van der Waals surface area (Å²) >= 11 is 0. The maximum atomic E-state index is 13.3. The highest BCUT2D eigenvalue weighted by molar-refractivity contribution is 5.94.